The van der Waals surface area contributed by atoms with Gasteiger partial charge in [0.2, 0.25) is 21.8 Å². The summed E-state index contributed by atoms with van der Waals surface area (Å²) in [4.78, 5) is 26.1. The van der Waals surface area contributed by atoms with E-state index in [0.717, 1.165) is 42.1 Å². The Bertz CT molecular complexity index is 1110. The number of sulfonamides is 1. The third-order valence-corrected chi connectivity index (χ3v) is 5.86. The van der Waals surface area contributed by atoms with Crippen molar-refractivity contribution in [2.24, 2.45) is 0 Å². The monoisotopic (exact) mass is 437 g/mol. The second-order valence-electron chi connectivity index (χ2n) is 7.07. The Labute approximate surface area is 173 Å². The number of hydrogen-bond acceptors (Lipinski definition) is 4. The molecule has 1 N–H and O–H groups in total. The third kappa shape index (κ3) is 4.76. The summed E-state index contributed by atoms with van der Waals surface area (Å²) >= 11 is 0. The highest BCUT2D eigenvalue weighted by atomic mass is 32.2. The van der Waals surface area contributed by atoms with E-state index < -0.39 is 34.1 Å². The van der Waals surface area contributed by atoms with Crippen molar-refractivity contribution in [1.29, 1.82) is 0 Å². The van der Waals surface area contributed by atoms with Gasteiger partial charge in [-0.2, -0.15) is 0 Å². The Balaban J connectivity index is 1.76. The molecule has 2 amide bonds. The van der Waals surface area contributed by atoms with Crippen molar-refractivity contribution in [3.05, 3.63) is 53.6 Å². The van der Waals surface area contributed by atoms with Crippen molar-refractivity contribution in [3.63, 3.8) is 0 Å². The van der Waals surface area contributed by atoms with Crippen LogP contribution in [0.5, 0.6) is 0 Å². The van der Waals surface area contributed by atoms with Crippen LogP contribution in [0, 0.1) is 18.6 Å². The van der Waals surface area contributed by atoms with Gasteiger partial charge in [0.15, 0.2) is 11.6 Å². The number of anilines is 3. The van der Waals surface area contributed by atoms with Crippen LogP contribution in [-0.2, 0) is 19.6 Å². The molecule has 0 saturated carbocycles. The minimum atomic E-state index is -3.93. The lowest BCUT2D eigenvalue weighted by Gasteiger charge is -2.22. The van der Waals surface area contributed by atoms with Gasteiger partial charge in [-0.25, -0.2) is 17.2 Å². The summed E-state index contributed by atoms with van der Waals surface area (Å²) in [6.45, 7) is 1.83. The minimum Gasteiger partial charge on any atom is -0.325 e. The van der Waals surface area contributed by atoms with E-state index in [4.69, 9.17) is 0 Å². The molecule has 1 saturated heterocycles. The number of aryl methyl sites for hydroxylation is 1. The predicted octanol–water partition coefficient (Wildman–Crippen LogP) is 2.80. The minimum absolute atomic E-state index is 0.0465. The Morgan fingerprint density at radius 3 is 2.47 bits per heavy atom. The predicted molar refractivity (Wildman–Crippen MR) is 110 cm³/mol. The molecule has 1 aliphatic heterocycles. The van der Waals surface area contributed by atoms with Crippen LogP contribution >= 0.6 is 0 Å². The molecule has 2 aromatic carbocycles. The quantitative estimate of drug-likeness (QED) is 0.753. The Morgan fingerprint density at radius 2 is 1.90 bits per heavy atom. The first-order chi connectivity index (χ1) is 14.1. The number of nitrogens with zero attached hydrogens (tertiary/aromatic N) is 2. The highest BCUT2D eigenvalue weighted by Crippen LogP contribution is 2.27. The van der Waals surface area contributed by atoms with E-state index in [0.29, 0.717) is 23.0 Å². The van der Waals surface area contributed by atoms with E-state index in [9.17, 15) is 26.8 Å². The summed E-state index contributed by atoms with van der Waals surface area (Å²) in [6.07, 6.45) is 2.17. The number of amides is 2. The maximum atomic E-state index is 13.5. The van der Waals surface area contributed by atoms with Crippen molar-refractivity contribution < 1.29 is 26.8 Å². The van der Waals surface area contributed by atoms with Crippen LogP contribution in [0.15, 0.2) is 36.4 Å². The summed E-state index contributed by atoms with van der Waals surface area (Å²) in [5.41, 5.74) is 1.80. The van der Waals surface area contributed by atoms with Crippen LogP contribution < -0.4 is 14.5 Å². The highest BCUT2D eigenvalue weighted by Gasteiger charge is 2.24. The molecule has 1 aliphatic rings. The lowest BCUT2D eigenvalue weighted by Crippen LogP contribution is -2.37. The largest absolute Gasteiger partial charge is 0.325 e. The van der Waals surface area contributed by atoms with Crippen molar-refractivity contribution in [1.82, 2.24) is 0 Å². The zero-order valence-corrected chi connectivity index (χ0v) is 17.3. The van der Waals surface area contributed by atoms with Crippen LogP contribution in [0.25, 0.3) is 0 Å². The lowest BCUT2D eigenvalue weighted by molar-refractivity contribution is -0.117. The summed E-state index contributed by atoms with van der Waals surface area (Å²) in [5, 5.41) is 2.59. The van der Waals surface area contributed by atoms with E-state index in [1.54, 1.807) is 30.0 Å². The average Bonchev–Trinajstić information content (AvgIpc) is 3.07. The molecule has 0 atom stereocenters. The second kappa shape index (κ2) is 8.39. The van der Waals surface area contributed by atoms with Crippen molar-refractivity contribution in [3.8, 4) is 0 Å². The molecule has 10 heteroatoms. The second-order valence-corrected chi connectivity index (χ2v) is 8.97. The van der Waals surface area contributed by atoms with E-state index in [1.807, 2.05) is 0 Å². The Hall–Kier alpha value is -3.01. The molecule has 0 bridgehead atoms. The number of carbonyl (C=O) groups is 2. The van der Waals surface area contributed by atoms with Gasteiger partial charge >= 0.3 is 0 Å². The van der Waals surface area contributed by atoms with Gasteiger partial charge in [0, 0.05) is 30.4 Å². The number of halogens is 2. The fraction of sp³-hybridized carbons (Fsp3) is 0.300. The maximum Gasteiger partial charge on any atom is 0.245 e. The van der Waals surface area contributed by atoms with Gasteiger partial charge in [0.05, 0.1) is 11.9 Å². The lowest BCUT2D eigenvalue weighted by atomic mass is 10.1. The molecule has 160 valence electrons. The summed E-state index contributed by atoms with van der Waals surface area (Å²) in [7, 11) is -3.93. The van der Waals surface area contributed by atoms with E-state index in [-0.39, 0.29) is 11.6 Å². The fourth-order valence-corrected chi connectivity index (χ4v) is 4.16. The smallest absolute Gasteiger partial charge is 0.245 e. The first-order valence-corrected chi connectivity index (χ1v) is 11.0. The number of nitrogens with one attached hydrogen (secondary N) is 1. The van der Waals surface area contributed by atoms with Gasteiger partial charge in [-0.15, -0.1) is 0 Å². The summed E-state index contributed by atoms with van der Waals surface area (Å²) in [5.74, 6) is -2.95. The van der Waals surface area contributed by atoms with E-state index >= 15 is 0 Å². The molecular formula is C20H21F2N3O4S. The molecule has 30 heavy (non-hydrogen) atoms. The number of benzene rings is 2. The summed E-state index contributed by atoms with van der Waals surface area (Å²) in [6, 6.07) is 7.62. The van der Waals surface area contributed by atoms with Gasteiger partial charge < -0.3 is 10.2 Å². The van der Waals surface area contributed by atoms with Crippen LogP contribution in [0.4, 0.5) is 25.8 Å². The Morgan fingerprint density at radius 1 is 1.17 bits per heavy atom. The van der Waals surface area contributed by atoms with Gasteiger partial charge in [-0.3, -0.25) is 13.9 Å². The molecule has 0 spiro atoms. The van der Waals surface area contributed by atoms with Crippen LogP contribution in [0.3, 0.4) is 0 Å². The Kier molecular flexibility index (Phi) is 6.06. The normalized spacial score (nSPS) is 14.1. The molecule has 0 aliphatic carbocycles. The van der Waals surface area contributed by atoms with Crippen molar-refractivity contribution >= 4 is 38.9 Å². The SMILES string of the molecule is Cc1cc(NC(=O)CN(c2ccc(F)c(F)c2)S(C)(=O)=O)ccc1N1CCCC1=O. The molecule has 3 rings (SSSR count). The third-order valence-electron chi connectivity index (χ3n) is 4.72. The first-order valence-electron chi connectivity index (χ1n) is 9.20. The zero-order chi connectivity index (χ0) is 22.1. The molecule has 1 fully saturated rings. The van der Waals surface area contributed by atoms with Gasteiger partial charge in [0.1, 0.15) is 6.54 Å². The van der Waals surface area contributed by atoms with Crippen molar-refractivity contribution in [2.45, 2.75) is 19.8 Å². The fourth-order valence-electron chi connectivity index (χ4n) is 3.31. The van der Waals surface area contributed by atoms with E-state index in [1.165, 1.54) is 0 Å². The van der Waals surface area contributed by atoms with Gasteiger partial charge in [-0.1, -0.05) is 0 Å². The molecular weight excluding hydrogens is 416 g/mol. The summed E-state index contributed by atoms with van der Waals surface area (Å²) < 4.78 is 51.6. The maximum absolute atomic E-state index is 13.5. The average molecular weight is 437 g/mol. The molecule has 0 aromatic heterocycles. The molecule has 1 heterocycles. The molecule has 0 unspecified atom stereocenters. The highest BCUT2D eigenvalue weighted by molar-refractivity contribution is 7.92. The number of carbonyl (C=O) groups excluding carboxylic acids is 2. The van der Waals surface area contributed by atoms with Gasteiger partial charge in [-0.05, 0) is 49.2 Å². The van der Waals surface area contributed by atoms with Crippen molar-refractivity contribution in [2.75, 3.05) is 33.9 Å². The van der Waals surface area contributed by atoms with E-state index in [2.05, 4.69) is 5.32 Å². The van der Waals surface area contributed by atoms with Crippen LogP contribution in [0.1, 0.15) is 18.4 Å². The number of rotatable bonds is 6. The molecule has 0 radical (unpaired) electrons. The standard InChI is InChI=1S/C20H21F2N3O4S/c1-13-10-14(5-8-18(13)24-9-3-4-20(24)27)23-19(26)12-25(30(2,28)29)15-6-7-16(21)17(22)11-15/h5-8,10-11H,3-4,9,12H2,1-2H3,(H,23,26). The van der Waals surface area contributed by atoms with Gasteiger partial charge in [0.25, 0.3) is 0 Å². The number of hydrogen-bond donors (Lipinski definition) is 1. The molecule has 7 nitrogen and oxygen atoms in total. The topological polar surface area (TPSA) is 86.8 Å². The zero-order valence-electron chi connectivity index (χ0n) is 16.5. The molecule has 2 aromatic rings. The van der Waals surface area contributed by atoms with Crippen LogP contribution in [0.2, 0.25) is 0 Å². The van der Waals surface area contributed by atoms with Crippen LogP contribution in [-0.4, -0.2) is 39.6 Å². The first kappa shape index (κ1) is 21.7.